The molecular formula is C17H15Cl3N2O2. The van der Waals surface area contributed by atoms with Crippen LogP contribution in [0.15, 0.2) is 36.4 Å². The van der Waals surface area contributed by atoms with E-state index >= 15 is 0 Å². The molecule has 24 heavy (non-hydrogen) atoms. The normalized spacial score (nSPS) is 11.2. The number of fused-ring (bicyclic) bond motifs is 1. The highest BCUT2D eigenvalue weighted by Gasteiger charge is 2.12. The first-order valence-corrected chi connectivity index (χ1v) is 8.55. The second-order valence-corrected chi connectivity index (χ2v) is 6.53. The van der Waals surface area contributed by atoms with Gasteiger partial charge in [0.1, 0.15) is 18.2 Å². The maximum absolute atomic E-state index is 9.13. The highest BCUT2D eigenvalue weighted by molar-refractivity contribution is 6.35. The van der Waals surface area contributed by atoms with Crippen LogP contribution in [0.4, 0.5) is 0 Å². The SMILES string of the molecule is OCCCn1c(COc2ccc(Cl)cc2Cl)nc2ccc(Cl)cc21. The molecule has 0 aliphatic carbocycles. The molecule has 3 aromatic rings. The van der Waals surface area contributed by atoms with Gasteiger partial charge in [-0.3, -0.25) is 0 Å². The summed E-state index contributed by atoms with van der Waals surface area (Å²) >= 11 is 18.1. The molecule has 0 amide bonds. The Kier molecular flexibility index (Phi) is 5.51. The Morgan fingerprint density at radius 3 is 2.54 bits per heavy atom. The van der Waals surface area contributed by atoms with Gasteiger partial charge in [0, 0.05) is 23.2 Å². The van der Waals surface area contributed by atoms with Crippen molar-refractivity contribution in [3.05, 3.63) is 57.3 Å². The maximum Gasteiger partial charge on any atom is 0.148 e. The number of rotatable bonds is 6. The topological polar surface area (TPSA) is 47.3 Å². The minimum absolute atomic E-state index is 0.101. The van der Waals surface area contributed by atoms with Crippen LogP contribution in [0.25, 0.3) is 11.0 Å². The van der Waals surface area contributed by atoms with Crippen LogP contribution < -0.4 is 4.74 Å². The van der Waals surface area contributed by atoms with E-state index < -0.39 is 0 Å². The lowest BCUT2D eigenvalue weighted by Crippen LogP contribution is -2.08. The Morgan fingerprint density at radius 2 is 1.79 bits per heavy atom. The van der Waals surface area contributed by atoms with Crippen molar-refractivity contribution >= 4 is 45.8 Å². The Labute approximate surface area is 154 Å². The molecular weight excluding hydrogens is 371 g/mol. The zero-order valence-corrected chi connectivity index (χ0v) is 14.9. The largest absolute Gasteiger partial charge is 0.484 e. The van der Waals surface area contributed by atoms with E-state index in [-0.39, 0.29) is 13.2 Å². The first-order chi connectivity index (χ1) is 11.6. The highest BCUT2D eigenvalue weighted by Crippen LogP contribution is 2.29. The van der Waals surface area contributed by atoms with Crippen LogP contribution in [0.3, 0.4) is 0 Å². The van der Waals surface area contributed by atoms with Crippen LogP contribution in [-0.4, -0.2) is 21.3 Å². The van der Waals surface area contributed by atoms with Crippen molar-refractivity contribution in [2.24, 2.45) is 0 Å². The molecule has 4 nitrogen and oxygen atoms in total. The number of halogens is 3. The van der Waals surface area contributed by atoms with Crippen LogP contribution in [0.2, 0.25) is 15.1 Å². The fraction of sp³-hybridized carbons (Fsp3) is 0.235. The van der Waals surface area contributed by atoms with Gasteiger partial charge in [-0.05, 0) is 42.8 Å². The highest BCUT2D eigenvalue weighted by atomic mass is 35.5. The Bertz CT molecular complexity index is 864. The predicted molar refractivity (Wildman–Crippen MR) is 97.2 cm³/mol. The van der Waals surface area contributed by atoms with E-state index in [1.807, 2.05) is 16.7 Å². The first kappa shape index (κ1) is 17.4. The smallest absolute Gasteiger partial charge is 0.148 e. The summed E-state index contributed by atoms with van der Waals surface area (Å²) in [6.45, 7) is 0.975. The maximum atomic E-state index is 9.13. The van der Waals surface area contributed by atoms with Crippen molar-refractivity contribution in [3.63, 3.8) is 0 Å². The average molecular weight is 386 g/mol. The molecule has 0 saturated carbocycles. The molecule has 0 atom stereocenters. The van der Waals surface area contributed by atoms with E-state index in [1.165, 1.54) is 0 Å². The number of aliphatic hydroxyl groups is 1. The third kappa shape index (κ3) is 3.78. The molecule has 0 radical (unpaired) electrons. The van der Waals surface area contributed by atoms with Gasteiger partial charge in [0.15, 0.2) is 0 Å². The lowest BCUT2D eigenvalue weighted by molar-refractivity contribution is 0.269. The third-order valence-electron chi connectivity index (χ3n) is 3.58. The molecule has 0 aliphatic heterocycles. The molecule has 0 bridgehead atoms. The molecule has 1 heterocycles. The summed E-state index contributed by atoms with van der Waals surface area (Å²) in [5.41, 5.74) is 1.75. The van der Waals surface area contributed by atoms with Crippen LogP contribution in [0.1, 0.15) is 12.2 Å². The standard InChI is InChI=1S/C17H15Cl3N2O2/c18-11-3-5-16(13(20)8-11)24-10-17-21-14-4-2-12(19)9-15(14)22(17)6-1-7-23/h2-5,8-9,23H,1,6-7,10H2. The average Bonchev–Trinajstić information content (AvgIpc) is 2.89. The Morgan fingerprint density at radius 1 is 1.04 bits per heavy atom. The quantitative estimate of drug-likeness (QED) is 0.652. The van der Waals surface area contributed by atoms with Crippen molar-refractivity contribution < 1.29 is 9.84 Å². The molecule has 7 heteroatoms. The predicted octanol–water partition coefficient (Wildman–Crippen LogP) is 4.96. The van der Waals surface area contributed by atoms with Gasteiger partial charge >= 0.3 is 0 Å². The minimum Gasteiger partial charge on any atom is -0.484 e. The zero-order valence-electron chi connectivity index (χ0n) is 12.7. The van der Waals surface area contributed by atoms with E-state index in [0.717, 1.165) is 16.9 Å². The van der Waals surface area contributed by atoms with Crippen LogP contribution in [0.5, 0.6) is 5.75 Å². The molecule has 0 aliphatic rings. The van der Waals surface area contributed by atoms with Gasteiger partial charge in [0.25, 0.3) is 0 Å². The van der Waals surface area contributed by atoms with Crippen molar-refractivity contribution in [1.29, 1.82) is 0 Å². The molecule has 1 N–H and O–H groups in total. The van der Waals surface area contributed by atoms with Gasteiger partial charge in [0.05, 0.1) is 16.1 Å². The van der Waals surface area contributed by atoms with Crippen molar-refractivity contribution in [3.8, 4) is 5.75 Å². The van der Waals surface area contributed by atoms with E-state index in [4.69, 9.17) is 44.6 Å². The number of hydrogen-bond donors (Lipinski definition) is 1. The third-order valence-corrected chi connectivity index (χ3v) is 4.35. The molecule has 3 rings (SSSR count). The van der Waals surface area contributed by atoms with Crippen molar-refractivity contribution in [2.45, 2.75) is 19.6 Å². The first-order valence-electron chi connectivity index (χ1n) is 7.42. The number of imidazole rings is 1. The summed E-state index contributed by atoms with van der Waals surface area (Å²) < 4.78 is 7.79. The van der Waals surface area contributed by atoms with Crippen LogP contribution >= 0.6 is 34.8 Å². The van der Waals surface area contributed by atoms with E-state index in [2.05, 4.69) is 4.98 Å². The zero-order chi connectivity index (χ0) is 17.1. The number of aliphatic hydroxyl groups excluding tert-OH is 1. The molecule has 0 saturated heterocycles. The van der Waals surface area contributed by atoms with E-state index in [9.17, 15) is 0 Å². The number of nitrogens with zero attached hydrogens (tertiary/aromatic N) is 2. The molecule has 0 unspecified atom stereocenters. The second kappa shape index (κ2) is 7.62. The van der Waals surface area contributed by atoms with Gasteiger partial charge in [-0.25, -0.2) is 4.98 Å². The summed E-state index contributed by atoms with van der Waals surface area (Å²) in [6, 6.07) is 10.6. The Hall–Kier alpha value is -1.46. The van der Waals surface area contributed by atoms with E-state index in [0.29, 0.717) is 33.8 Å². The van der Waals surface area contributed by atoms with E-state index in [1.54, 1.807) is 24.3 Å². The van der Waals surface area contributed by atoms with Gasteiger partial charge in [-0.1, -0.05) is 34.8 Å². The van der Waals surface area contributed by atoms with Crippen LogP contribution in [-0.2, 0) is 13.2 Å². The van der Waals surface area contributed by atoms with Gasteiger partial charge < -0.3 is 14.4 Å². The molecule has 1 aromatic heterocycles. The summed E-state index contributed by atoms with van der Waals surface area (Å²) in [6.07, 6.45) is 0.618. The summed E-state index contributed by atoms with van der Waals surface area (Å²) in [7, 11) is 0. The summed E-state index contributed by atoms with van der Waals surface area (Å²) in [5, 5.41) is 10.8. The minimum atomic E-state index is 0.101. The Balaban J connectivity index is 1.90. The second-order valence-electron chi connectivity index (χ2n) is 5.25. The molecule has 0 fully saturated rings. The number of hydrogen-bond acceptors (Lipinski definition) is 3. The fourth-order valence-corrected chi connectivity index (χ4v) is 3.10. The van der Waals surface area contributed by atoms with Gasteiger partial charge in [-0.2, -0.15) is 0 Å². The molecule has 0 spiro atoms. The number of aryl methyl sites for hydroxylation is 1. The lowest BCUT2D eigenvalue weighted by Gasteiger charge is -2.11. The number of benzene rings is 2. The van der Waals surface area contributed by atoms with Gasteiger partial charge in [-0.15, -0.1) is 0 Å². The monoisotopic (exact) mass is 384 g/mol. The number of ether oxygens (including phenoxy) is 1. The van der Waals surface area contributed by atoms with Crippen LogP contribution in [0, 0.1) is 0 Å². The van der Waals surface area contributed by atoms with Crippen molar-refractivity contribution in [1.82, 2.24) is 9.55 Å². The summed E-state index contributed by atoms with van der Waals surface area (Å²) in [4.78, 5) is 4.60. The molecule has 126 valence electrons. The number of aromatic nitrogens is 2. The fourth-order valence-electron chi connectivity index (χ4n) is 2.47. The molecule has 2 aromatic carbocycles. The van der Waals surface area contributed by atoms with Gasteiger partial charge in [0.2, 0.25) is 0 Å². The van der Waals surface area contributed by atoms with Crippen molar-refractivity contribution in [2.75, 3.05) is 6.61 Å². The lowest BCUT2D eigenvalue weighted by atomic mass is 10.3. The summed E-state index contributed by atoms with van der Waals surface area (Å²) in [5.74, 6) is 1.28.